The monoisotopic (exact) mass is 443 g/mol. The van der Waals surface area contributed by atoms with E-state index in [-0.39, 0.29) is 17.3 Å². The molecule has 31 heavy (non-hydrogen) atoms. The molecule has 0 saturated heterocycles. The van der Waals surface area contributed by atoms with E-state index in [1.807, 2.05) is 13.0 Å². The molecule has 0 unspecified atom stereocenters. The molecule has 0 atom stereocenters. The van der Waals surface area contributed by atoms with E-state index in [9.17, 15) is 13.5 Å². The first-order chi connectivity index (χ1) is 14.5. The molecule has 9 nitrogen and oxygen atoms in total. The summed E-state index contributed by atoms with van der Waals surface area (Å²) in [4.78, 5) is 8.89. The molecule has 2 heterocycles. The predicted molar refractivity (Wildman–Crippen MR) is 116 cm³/mol. The van der Waals surface area contributed by atoms with Crippen LogP contribution in [0.15, 0.2) is 39.9 Å². The molecule has 1 saturated carbocycles. The third-order valence-electron chi connectivity index (χ3n) is 5.05. The Balaban J connectivity index is 1.70. The van der Waals surface area contributed by atoms with Crippen molar-refractivity contribution in [1.82, 2.24) is 19.8 Å². The number of nitrogens with one attached hydrogen (secondary N) is 1. The van der Waals surface area contributed by atoms with Gasteiger partial charge >= 0.3 is 0 Å². The molecule has 1 aromatic carbocycles. The zero-order valence-corrected chi connectivity index (χ0v) is 18.4. The molecule has 10 heteroatoms. The summed E-state index contributed by atoms with van der Waals surface area (Å²) in [6, 6.07) is 6.57. The number of rotatable bonds is 7. The zero-order chi connectivity index (χ0) is 22.4. The summed E-state index contributed by atoms with van der Waals surface area (Å²) in [6.45, 7) is 4.80. The number of hydrogen-bond donors (Lipinski definition) is 3. The van der Waals surface area contributed by atoms with Crippen LogP contribution >= 0.6 is 0 Å². The lowest BCUT2D eigenvalue weighted by Gasteiger charge is -2.18. The molecule has 0 aliphatic heterocycles. The number of nitrogen functional groups attached to an aromatic ring is 1. The number of aliphatic hydroxyl groups is 1. The van der Waals surface area contributed by atoms with Crippen LogP contribution in [0.25, 0.3) is 22.7 Å². The van der Waals surface area contributed by atoms with Gasteiger partial charge in [-0.15, -0.1) is 0 Å². The van der Waals surface area contributed by atoms with Crippen molar-refractivity contribution in [2.24, 2.45) is 0 Å². The van der Waals surface area contributed by atoms with E-state index >= 15 is 0 Å². The predicted octanol–water partition coefficient (Wildman–Crippen LogP) is 2.62. The summed E-state index contributed by atoms with van der Waals surface area (Å²) in [7, 11) is -3.82. The standard InChI is InChI=1S/C21H25N5O4S/c1-12-4-7-14(31(28,29)24-11-21(2,3)27)8-15(12)17-10-23-20(22)19(25-17)18-9-16(26-30-18)13-5-6-13/h4,7-10,13,24,27H,5-6,11H2,1-3H3,(H2,22,23). The highest BCUT2D eigenvalue weighted by Gasteiger charge is 2.28. The van der Waals surface area contributed by atoms with Crippen LogP contribution in [0.3, 0.4) is 0 Å². The number of aromatic nitrogens is 3. The Morgan fingerprint density at radius 3 is 2.71 bits per heavy atom. The van der Waals surface area contributed by atoms with Crippen molar-refractivity contribution < 1.29 is 18.0 Å². The topological polar surface area (TPSA) is 144 Å². The Morgan fingerprint density at radius 1 is 1.29 bits per heavy atom. The quantitative estimate of drug-likeness (QED) is 0.505. The minimum absolute atomic E-state index is 0.0632. The molecule has 3 aromatic rings. The third kappa shape index (κ3) is 4.76. The highest BCUT2D eigenvalue weighted by Crippen LogP contribution is 2.41. The molecule has 0 radical (unpaired) electrons. The van der Waals surface area contributed by atoms with Crippen LogP contribution in [-0.4, -0.2) is 40.8 Å². The summed E-state index contributed by atoms with van der Waals surface area (Å²) < 4.78 is 33.2. The normalized spacial score (nSPS) is 14.7. The number of aryl methyl sites for hydroxylation is 1. The fraction of sp³-hybridized carbons (Fsp3) is 0.381. The van der Waals surface area contributed by atoms with E-state index in [1.165, 1.54) is 32.2 Å². The second-order valence-corrected chi connectivity index (χ2v) is 10.3. The second kappa shape index (κ2) is 7.70. The van der Waals surface area contributed by atoms with Crippen molar-refractivity contribution in [3.8, 4) is 22.7 Å². The summed E-state index contributed by atoms with van der Waals surface area (Å²) in [5, 5.41) is 13.9. The van der Waals surface area contributed by atoms with Gasteiger partial charge in [-0.1, -0.05) is 11.2 Å². The Labute approximate surface area is 180 Å². The van der Waals surface area contributed by atoms with E-state index in [4.69, 9.17) is 10.3 Å². The molecule has 0 bridgehead atoms. The first-order valence-corrected chi connectivity index (χ1v) is 11.4. The van der Waals surface area contributed by atoms with Gasteiger partial charge in [-0.3, -0.25) is 0 Å². The lowest BCUT2D eigenvalue weighted by atomic mass is 10.1. The van der Waals surface area contributed by atoms with Crippen LogP contribution < -0.4 is 10.5 Å². The fourth-order valence-corrected chi connectivity index (χ4v) is 4.31. The van der Waals surface area contributed by atoms with Gasteiger partial charge in [0.2, 0.25) is 10.0 Å². The Hall–Kier alpha value is -2.82. The highest BCUT2D eigenvalue weighted by atomic mass is 32.2. The lowest BCUT2D eigenvalue weighted by molar-refractivity contribution is 0.0857. The maximum Gasteiger partial charge on any atom is 0.240 e. The van der Waals surface area contributed by atoms with Crippen molar-refractivity contribution in [3.63, 3.8) is 0 Å². The van der Waals surface area contributed by atoms with Crippen molar-refractivity contribution >= 4 is 15.8 Å². The zero-order valence-electron chi connectivity index (χ0n) is 17.6. The van der Waals surface area contributed by atoms with E-state index in [0.29, 0.717) is 28.6 Å². The summed E-state index contributed by atoms with van der Waals surface area (Å²) in [5.41, 5.74) is 7.98. The van der Waals surface area contributed by atoms with Crippen molar-refractivity contribution in [3.05, 3.63) is 41.7 Å². The Kier molecular flexibility index (Phi) is 5.32. The molecule has 4 N–H and O–H groups in total. The van der Waals surface area contributed by atoms with Crippen LogP contribution in [0.1, 0.15) is 43.9 Å². The molecule has 1 fully saturated rings. The molecule has 2 aromatic heterocycles. The number of hydrogen-bond acceptors (Lipinski definition) is 8. The molecule has 1 aliphatic carbocycles. The third-order valence-corrected chi connectivity index (χ3v) is 6.45. The smallest absolute Gasteiger partial charge is 0.240 e. The number of sulfonamides is 1. The van der Waals surface area contributed by atoms with Gasteiger partial charge in [-0.2, -0.15) is 0 Å². The van der Waals surface area contributed by atoms with Gasteiger partial charge in [0.05, 0.1) is 28.1 Å². The van der Waals surface area contributed by atoms with E-state index in [1.54, 1.807) is 6.07 Å². The van der Waals surface area contributed by atoms with E-state index < -0.39 is 15.6 Å². The average molecular weight is 444 g/mol. The largest absolute Gasteiger partial charge is 0.389 e. The number of benzene rings is 1. The first kappa shape index (κ1) is 21.4. The molecule has 164 valence electrons. The van der Waals surface area contributed by atoms with Gasteiger partial charge in [0.1, 0.15) is 0 Å². The summed E-state index contributed by atoms with van der Waals surface area (Å²) in [6.07, 6.45) is 3.68. The molecule has 1 aliphatic rings. The van der Waals surface area contributed by atoms with Crippen LogP contribution in [0.2, 0.25) is 0 Å². The Morgan fingerprint density at radius 2 is 2.03 bits per heavy atom. The van der Waals surface area contributed by atoms with Gasteiger partial charge in [0, 0.05) is 24.1 Å². The maximum atomic E-state index is 12.7. The van der Waals surface area contributed by atoms with Crippen molar-refractivity contribution in [2.45, 2.75) is 50.0 Å². The van der Waals surface area contributed by atoms with Crippen LogP contribution in [0.5, 0.6) is 0 Å². The lowest BCUT2D eigenvalue weighted by Crippen LogP contribution is -2.38. The summed E-state index contributed by atoms with van der Waals surface area (Å²) >= 11 is 0. The number of anilines is 1. The van der Waals surface area contributed by atoms with Gasteiger partial charge in [-0.05, 0) is 51.3 Å². The van der Waals surface area contributed by atoms with Crippen molar-refractivity contribution in [1.29, 1.82) is 0 Å². The highest BCUT2D eigenvalue weighted by molar-refractivity contribution is 7.89. The molecular weight excluding hydrogens is 418 g/mol. The van der Waals surface area contributed by atoms with Crippen LogP contribution in [0.4, 0.5) is 5.82 Å². The van der Waals surface area contributed by atoms with Gasteiger partial charge in [0.15, 0.2) is 17.3 Å². The van der Waals surface area contributed by atoms with E-state index in [0.717, 1.165) is 24.1 Å². The SMILES string of the molecule is Cc1ccc(S(=O)(=O)NCC(C)(C)O)cc1-c1cnc(N)c(-c2cc(C3CC3)no2)n1. The molecule has 0 spiro atoms. The van der Waals surface area contributed by atoms with Crippen LogP contribution in [0, 0.1) is 6.92 Å². The number of nitrogens with two attached hydrogens (primary N) is 1. The maximum absolute atomic E-state index is 12.7. The summed E-state index contributed by atoms with van der Waals surface area (Å²) in [5.74, 6) is 1.06. The van der Waals surface area contributed by atoms with E-state index in [2.05, 4.69) is 19.8 Å². The Bertz CT molecular complexity index is 1230. The molecule has 0 amide bonds. The number of nitrogens with zero attached hydrogens (tertiary/aromatic N) is 3. The first-order valence-electron chi connectivity index (χ1n) is 9.96. The molecule has 4 rings (SSSR count). The second-order valence-electron chi connectivity index (χ2n) is 8.49. The fourth-order valence-electron chi connectivity index (χ4n) is 3.08. The average Bonchev–Trinajstić information content (AvgIpc) is 3.44. The van der Waals surface area contributed by atoms with Gasteiger partial charge in [-0.25, -0.2) is 23.1 Å². The molecular formula is C21H25N5O4S. The van der Waals surface area contributed by atoms with Gasteiger partial charge in [0.25, 0.3) is 0 Å². The minimum Gasteiger partial charge on any atom is -0.389 e. The van der Waals surface area contributed by atoms with Crippen molar-refractivity contribution in [2.75, 3.05) is 12.3 Å². The van der Waals surface area contributed by atoms with Gasteiger partial charge < -0.3 is 15.4 Å². The van der Waals surface area contributed by atoms with Crippen LogP contribution in [-0.2, 0) is 10.0 Å². The minimum atomic E-state index is -3.82.